The van der Waals surface area contributed by atoms with Crippen molar-refractivity contribution in [1.29, 1.82) is 0 Å². The minimum Gasteiger partial charge on any atom is -0.394 e. The average molecular weight is 217 g/mol. The molecule has 7 nitrogen and oxygen atoms in total. The Hall–Kier alpha value is -0.0100. The normalized spacial score (nSPS) is 35.2. The van der Waals surface area contributed by atoms with E-state index in [1.54, 1.807) is 0 Å². The van der Waals surface area contributed by atoms with Crippen LogP contribution in [-0.2, 0) is 13.8 Å². The summed E-state index contributed by atoms with van der Waals surface area (Å²) in [6.07, 6.45) is -3.01. The first-order chi connectivity index (χ1) is 5.92. The number of phosphoric acid groups is 1. The summed E-state index contributed by atoms with van der Waals surface area (Å²) in [7, 11) is -4.60. The number of rotatable bonds is 3. The standard InChI is InChI=1S/C5H11O7P/c6-2-4-3(7)1-5(11-4)12-13(8,9)10/h3-7H,1-2H2,(H2,8,9,10)/t3-,4+,5+/m0/s1/i1+1,2+1,5+1. The van der Waals surface area contributed by atoms with Gasteiger partial charge in [0.15, 0.2) is 6.29 Å². The molecule has 1 rings (SSSR count). The maximum atomic E-state index is 10.3. The molecule has 4 N–H and O–H groups in total. The van der Waals surface area contributed by atoms with Crippen LogP contribution in [0.2, 0.25) is 0 Å². The Labute approximate surface area is 74.1 Å². The molecule has 0 unspecified atom stereocenters. The second-order valence-electron chi connectivity index (χ2n) is 2.69. The predicted octanol–water partition coefficient (Wildman–Crippen LogP) is -1.44. The zero-order chi connectivity index (χ0) is 10.1. The zero-order valence-electron chi connectivity index (χ0n) is 6.61. The minimum absolute atomic E-state index is 0.0592. The van der Waals surface area contributed by atoms with E-state index in [9.17, 15) is 4.57 Å². The average Bonchev–Trinajstić information content (AvgIpc) is 2.26. The molecule has 13 heavy (non-hydrogen) atoms. The van der Waals surface area contributed by atoms with E-state index in [0.717, 1.165) is 0 Å². The van der Waals surface area contributed by atoms with Crippen LogP contribution < -0.4 is 0 Å². The van der Waals surface area contributed by atoms with Crippen LogP contribution in [0.25, 0.3) is 0 Å². The van der Waals surface area contributed by atoms with Crippen molar-refractivity contribution in [2.75, 3.05) is 6.61 Å². The fourth-order valence-electron chi connectivity index (χ4n) is 1.08. The summed E-state index contributed by atoms with van der Waals surface area (Å²) >= 11 is 0. The van der Waals surface area contributed by atoms with E-state index in [0.29, 0.717) is 0 Å². The second-order valence-corrected chi connectivity index (χ2v) is 3.88. The molecular formula is C5H11O7P. The molecular weight excluding hydrogens is 206 g/mol. The summed E-state index contributed by atoms with van der Waals surface area (Å²) in [5.74, 6) is 0. The fraction of sp³-hybridized carbons (Fsp3) is 1.00. The van der Waals surface area contributed by atoms with E-state index < -0.39 is 32.9 Å². The third-order valence-electron chi connectivity index (χ3n) is 1.62. The number of ether oxygens (including phenoxy) is 1. The lowest BCUT2D eigenvalue weighted by atomic mass is 10.4. The van der Waals surface area contributed by atoms with Crippen molar-refractivity contribution in [3.05, 3.63) is 0 Å². The monoisotopic (exact) mass is 217 g/mol. The highest BCUT2D eigenvalue weighted by atomic mass is 31.2. The lowest BCUT2D eigenvalue weighted by molar-refractivity contribution is -0.102. The Morgan fingerprint density at radius 1 is 1.54 bits per heavy atom. The third-order valence-corrected chi connectivity index (χ3v) is 2.13. The summed E-state index contributed by atoms with van der Waals surface area (Å²) in [5, 5.41) is 17.8. The van der Waals surface area contributed by atoms with Gasteiger partial charge in [-0.15, -0.1) is 0 Å². The summed E-state index contributed by atoms with van der Waals surface area (Å²) in [6, 6.07) is 0. The maximum absolute atomic E-state index is 10.3. The molecule has 3 atom stereocenters. The van der Waals surface area contributed by atoms with Gasteiger partial charge in [-0.05, 0) is 0 Å². The molecule has 0 saturated carbocycles. The highest BCUT2D eigenvalue weighted by Crippen LogP contribution is 2.40. The lowest BCUT2D eigenvalue weighted by Crippen LogP contribution is -2.24. The quantitative estimate of drug-likeness (QED) is 0.338. The van der Waals surface area contributed by atoms with E-state index >= 15 is 0 Å². The largest absolute Gasteiger partial charge is 0.471 e. The highest BCUT2D eigenvalue weighted by molar-refractivity contribution is 7.46. The predicted molar refractivity (Wildman–Crippen MR) is 39.5 cm³/mol. The Morgan fingerprint density at radius 3 is 2.54 bits per heavy atom. The molecule has 1 fully saturated rings. The maximum Gasteiger partial charge on any atom is 0.471 e. The topological polar surface area (TPSA) is 116 Å². The molecule has 0 spiro atoms. The molecule has 0 radical (unpaired) electrons. The highest BCUT2D eigenvalue weighted by Gasteiger charge is 2.37. The molecule has 78 valence electrons. The molecule has 1 aliphatic rings. The van der Waals surface area contributed by atoms with E-state index in [-0.39, 0.29) is 6.42 Å². The number of aliphatic hydroxyl groups excluding tert-OH is 2. The van der Waals surface area contributed by atoms with Crippen LogP contribution in [0.3, 0.4) is 0 Å². The third kappa shape index (κ3) is 3.32. The van der Waals surface area contributed by atoms with Gasteiger partial charge in [0, 0.05) is 6.42 Å². The summed E-state index contributed by atoms with van der Waals surface area (Å²) in [5.41, 5.74) is 0. The zero-order valence-corrected chi connectivity index (χ0v) is 7.50. The van der Waals surface area contributed by atoms with Crippen LogP contribution in [0.1, 0.15) is 6.42 Å². The van der Waals surface area contributed by atoms with Crippen LogP contribution >= 0.6 is 7.82 Å². The van der Waals surface area contributed by atoms with Gasteiger partial charge >= 0.3 is 7.82 Å². The van der Waals surface area contributed by atoms with Gasteiger partial charge < -0.3 is 24.7 Å². The molecule has 0 amide bonds. The van der Waals surface area contributed by atoms with Crippen LogP contribution in [0.5, 0.6) is 0 Å². The SMILES string of the molecule is O=P(O)(O)O[13C@@H]1[13CH2][C@H](O)[C@@H]([13CH2]O)O1. The summed E-state index contributed by atoms with van der Waals surface area (Å²) in [4.78, 5) is 16.8. The lowest BCUT2D eigenvalue weighted by Gasteiger charge is -2.12. The molecule has 0 bridgehead atoms. The first kappa shape index (κ1) is 11.1. The van der Waals surface area contributed by atoms with Gasteiger partial charge in [0.1, 0.15) is 6.10 Å². The molecule has 1 heterocycles. The first-order valence-corrected chi connectivity index (χ1v) is 5.14. The Kier molecular flexibility index (Phi) is 3.42. The first-order valence-electron chi connectivity index (χ1n) is 3.60. The molecule has 0 aromatic carbocycles. The van der Waals surface area contributed by atoms with E-state index in [1.165, 1.54) is 0 Å². The summed E-state index contributed by atoms with van der Waals surface area (Å²) in [6.45, 7) is -0.414. The molecule has 1 aliphatic heterocycles. The van der Waals surface area contributed by atoms with Crippen molar-refractivity contribution in [2.24, 2.45) is 0 Å². The van der Waals surface area contributed by atoms with Gasteiger partial charge in [0.2, 0.25) is 0 Å². The molecule has 8 heteroatoms. The minimum atomic E-state index is -4.60. The van der Waals surface area contributed by atoms with Gasteiger partial charge in [-0.2, -0.15) is 0 Å². The Morgan fingerprint density at radius 2 is 2.15 bits per heavy atom. The van der Waals surface area contributed by atoms with Crippen molar-refractivity contribution in [1.82, 2.24) is 0 Å². The van der Waals surface area contributed by atoms with Crippen molar-refractivity contribution in [2.45, 2.75) is 24.9 Å². The fourth-order valence-corrected chi connectivity index (χ4v) is 1.52. The molecule has 1 saturated heterocycles. The van der Waals surface area contributed by atoms with Gasteiger partial charge in [-0.25, -0.2) is 4.57 Å². The van der Waals surface area contributed by atoms with E-state index in [1.807, 2.05) is 0 Å². The van der Waals surface area contributed by atoms with Crippen molar-refractivity contribution >= 4 is 7.82 Å². The van der Waals surface area contributed by atoms with Crippen LogP contribution in [0, 0.1) is 0 Å². The van der Waals surface area contributed by atoms with Crippen molar-refractivity contribution < 1.29 is 33.8 Å². The molecule has 0 aromatic heterocycles. The van der Waals surface area contributed by atoms with Gasteiger partial charge in [-0.1, -0.05) is 0 Å². The summed E-state index contributed by atoms with van der Waals surface area (Å²) < 4.78 is 19.3. The van der Waals surface area contributed by atoms with Crippen LogP contribution in [-0.4, -0.2) is 45.1 Å². The number of hydrogen-bond donors (Lipinski definition) is 4. The molecule has 0 aliphatic carbocycles. The van der Waals surface area contributed by atoms with Crippen molar-refractivity contribution in [3.8, 4) is 0 Å². The van der Waals surface area contributed by atoms with E-state index in [2.05, 4.69) is 4.52 Å². The number of aliphatic hydroxyl groups is 2. The Bertz CT molecular complexity index is 213. The van der Waals surface area contributed by atoms with Gasteiger partial charge in [0.05, 0.1) is 12.7 Å². The Balaban J connectivity index is 2.45. The second kappa shape index (κ2) is 4.02. The number of hydrogen-bond acceptors (Lipinski definition) is 5. The van der Waals surface area contributed by atoms with Crippen LogP contribution in [0.15, 0.2) is 0 Å². The molecule has 0 aromatic rings. The van der Waals surface area contributed by atoms with E-state index in [4.69, 9.17) is 24.7 Å². The number of phosphoric ester groups is 1. The van der Waals surface area contributed by atoms with Gasteiger partial charge in [0.25, 0.3) is 0 Å². The smallest absolute Gasteiger partial charge is 0.394 e. The van der Waals surface area contributed by atoms with Crippen molar-refractivity contribution in [3.63, 3.8) is 0 Å². The van der Waals surface area contributed by atoms with Crippen LogP contribution in [0.4, 0.5) is 0 Å². The van der Waals surface area contributed by atoms with Gasteiger partial charge in [-0.3, -0.25) is 4.52 Å².